The number of nitrogens with zero attached hydrogens (tertiary/aromatic N) is 3. The Balaban J connectivity index is 2.33. The van der Waals surface area contributed by atoms with Crippen molar-refractivity contribution in [3.05, 3.63) is 18.0 Å². The Labute approximate surface area is 147 Å². The Kier molecular flexibility index (Phi) is 10.2. The summed E-state index contributed by atoms with van der Waals surface area (Å²) in [5, 5.41) is 10.9. The Hall–Kier alpha value is -1.56. The Morgan fingerprint density at radius 1 is 1.33 bits per heavy atom. The van der Waals surface area contributed by atoms with Crippen LogP contribution in [0.1, 0.15) is 46.1 Å². The van der Waals surface area contributed by atoms with E-state index in [1.54, 1.807) is 0 Å². The quantitative estimate of drug-likeness (QED) is 0.370. The van der Waals surface area contributed by atoms with Crippen molar-refractivity contribution in [3.63, 3.8) is 0 Å². The summed E-state index contributed by atoms with van der Waals surface area (Å²) in [6.07, 6.45) is 7.31. The summed E-state index contributed by atoms with van der Waals surface area (Å²) < 4.78 is 7.63. The molecule has 0 aliphatic heterocycles. The van der Waals surface area contributed by atoms with Gasteiger partial charge in [0.15, 0.2) is 5.96 Å². The molecule has 0 bridgehead atoms. The average molecular weight is 338 g/mol. The second-order valence-electron chi connectivity index (χ2n) is 6.34. The van der Waals surface area contributed by atoms with E-state index in [0.29, 0.717) is 12.0 Å². The van der Waals surface area contributed by atoms with E-state index in [2.05, 4.69) is 54.6 Å². The molecule has 0 saturated carbocycles. The number of ether oxygens (including phenoxy) is 1. The highest BCUT2D eigenvalue weighted by Crippen LogP contribution is 2.09. The topological polar surface area (TPSA) is 63.5 Å². The summed E-state index contributed by atoms with van der Waals surface area (Å²) in [4.78, 5) is 4.65. The van der Waals surface area contributed by atoms with Crippen molar-refractivity contribution in [2.75, 3.05) is 26.2 Å². The molecule has 1 aromatic rings. The molecule has 1 rings (SSSR count). The van der Waals surface area contributed by atoms with Crippen molar-refractivity contribution in [2.45, 2.75) is 53.1 Å². The zero-order chi connectivity index (χ0) is 17.8. The highest BCUT2D eigenvalue weighted by Gasteiger charge is 2.12. The van der Waals surface area contributed by atoms with Gasteiger partial charge < -0.3 is 15.4 Å². The molecule has 0 spiro atoms. The molecule has 6 nitrogen and oxygen atoms in total. The molecular formula is C18H35N5O. The van der Waals surface area contributed by atoms with E-state index >= 15 is 0 Å². The molecule has 138 valence electrons. The fourth-order valence-electron chi connectivity index (χ4n) is 2.57. The molecule has 1 aromatic heterocycles. The predicted octanol–water partition coefficient (Wildman–Crippen LogP) is 2.36. The van der Waals surface area contributed by atoms with Crippen molar-refractivity contribution in [1.29, 1.82) is 0 Å². The SMILES string of the molecule is CCNC(=NCCCc1cnn(C)c1)NCCC(OCC)C(C)C. The van der Waals surface area contributed by atoms with Crippen LogP contribution in [0, 0.1) is 5.92 Å². The van der Waals surface area contributed by atoms with Gasteiger partial charge in [0.25, 0.3) is 0 Å². The molecule has 0 aliphatic rings. The van der Waals surface area contributed by atoms with Gasteiger partial charge in [-0.25, -0.2) is 0 Å². The van der Waals surface area contributed by atoms with Gasteiger partial charge in [-0.2, -0.15) is 5.10 Å². The van der Waals surface area contributed by atoms with Crippen LogP contribution in [0.3, 0.4) is 0 Å². The first kappa shape index (κ1) is 20.5. The molecule has 24 heavy (non-hydrogen) atoms. The summed E-state index contributed by atoms with van der Waals surface area (Å²) in [5.74, 6) is 1.42. The van der Waals surface area contributed by atoms with Crippen molar-refractivity contribution in [1.82, 2.24) is 20.4 Å². The van der Waals surface area contributed by atoms with Crippen LogP contribution < -0.4 is 10.6 Å². The van der Waals surface area contributed by atoms with E-state index < -0.39 is 0 Å². The first-order valence-corrected chi connectivity index (χ1v) is 9.18. The number of nitrogens with one attached hydrogen (secondary N) is 2. The molecule has 1 unspecified atom stereocenters. The second-order valence-corrected chi connectivity index (χ2v) is 6.34. The number of hydrogen-bond donors (Lipinski definition) is 2. The number of aryl methyl sites for hydroxylation is 2. The van der Waals surface area contributed by atoms with Gasteiger partial charge in [-0.3, -0.25) is 9.67 Å². The van der Waals surface area contributed by atoms with Crippen LogP contribution in [0.4, 0.5) is 0 Å². The van der Waals surface area contributed by atoms with Crippen LogP contribution >= 0.6 is 0 Å². The molecule has 2 N–H and O–H groups in total. The fourth-order valence-corrected chi connectivity index (χ4v) is 2.57. The summed E-state index contributed by atoms with van der Waals surface area (Å²) in [5.41, 5.74) is 1.27. The van der Waals surface area contributed by atoms with E-state index in [0.717, 1.165) is 51.5 Å². The molecule has 6 heteroatoms. The molecule has 1 heterocycles. The highest BCUT2D eigenvalue weighted by molar-refractivity contribution is 5.79. The van der Waals surface area contributed by atoms with Crippen LogP contribution in [-0.2, 0) is 18.2 Å². The van der Waals surface area contributed by atoms with Crippen molar-refractivity contribution < 1.29 is 4.74 Å². The minimum atomic E-state index is 0.302. The summed E-state index contributed by atoms with van der Waals surface area (Å²) in [6, 6.07) is 0. The molecule has 0 amide bonds. The largest absolute Gasteiger partial charge is 0.378 e. The standard InChI is InChI=1S/C18H35N5O/c1-6-19-18(21-12-10-17(15(3)4)24-7-2)20-11-8-9-16-13-22-23(5)14-16/h13-15,17H,6-12H2,1-5H3,(H2,19,20,21). The third kappa shape index (κ3) is 8.34. The minimum Gasteiger partial charge on any atom is -0.378 e. The van der Waals surface area contributed by atoms with Gasteiger partial charge in [0.2, 0.25) is 0 Å². The van der Waals surface area contributed by atoms with E-state index in [9.17, 15) is 0 Å². The Bertz CT molecular complexity index is 470. The lowest BCUT2D eigenvalue weighted by Gasteiger charge is -2.21. The fraction of sp³-hybridized carbons (Fsp3) is 0.778. The molecule has 0 aromatic carbocycles. The number of aromatic nitrogens is 2. The summed E-state index contributed by atoms with van der Waals surface area (Å²) in [7, 11) is 1.95. The average Bonchev–Trinajstić information content (AvgIpc) is 2.95. The second kappa shape index (κ2) is 11.9. The monoisotopic (exact) mass is 337 g/mol. The maximum atomic E-state index is 5.79. The Morgan fingerprint density at radius 3 is 2.71 bits per heavy atom. The van der Waals surface area contributed by atoms with Gasteiger partial charge in [-0.1, -0.05) is 13.8 Å². The molecular weight excluding hydrogens is 302 g/mol. The van der Waals surface area contributed by atoms with Gasteiger partial charge in [0.05, 0.1) is 12.3 Å². The van der Waals surface area contributed by atoms with Crippen LogP contribution in [0.25, 0.3) is 0 Å². The van der Waals surface area contributed by atoms with E-state index in [1.165, 1.54) is 5.56 Å². The van der Waals surface area contributed by atoms with Gasteiger partial charge >= 0.3 is 0 Å². The lowest BCUT2D eigenvalue weighted by molar-refractivity contribution is 0.0258. The zero-order valence-electron chi connectivity index (χ0n) is 16.0. The summed E-state index contributed by atoms with van der Waals surface area (Å²) in [6.45, 7) is 11.9. The zero-order valence-corrected chi connectivity index (χ0v) is 16.0. The van der Waals surface area contributed by atoms with Crippen LogP contribution in [-0.4, -0.2) is 48.1 Å². The van der Waals surface area contributed by atoms with E-state index in [-0.39, 0.29) is 0 Å². The molecule has 0 aliphatic carbocycles. The normalized spacial score (nSPS) is 13.3. The van der Waals surface area contributed by atoms with Crippen molar-refractivity contribution in [2.24, 2.45) is 18.0 Å². The third-order valence-electron chi connectivity index (χ3n) is 3.84. The van der Waals surface area contributed by atoms with E-state index in [1.807, 2.05) is 17.9 Å². The number of aliphatic imine (C=N–C) groups is 1. The van der Waals surface area contributed by atoms with Gasteiger partial charge in [-0.05, 0) is 44.6 Å². The Morgan fingerprint density at radius 2 is 2.12 bits per heavy atom. The third-order valence-corrected chi connectivity index (χ3v) is 3.84. The van der Waals surface area contributed by atoms with E-state index in [4.69, 9.17) is 4.74 Å². The van der Waals surface area contributed by atoms with Crippen LogP contribution in [0.2, 0.25) is 0 Å². The maximum Gasteiger partial charge on any atom is 0.191 e. The molecule has 0 saturated heterocycles. The van der Waals surface area contributed by atoms with Crippen molar-refractivity contribution >= 4 is 5.96 Å². The predicted molar refractivity (Wildman–Crippen MR) is 100 cm³/mol. The van der Waals surface area contributed by atoms with Gasteiger partial charge in [-0.15, -0.1) is 0 Å². The lowest BCUT2D eigenvalue weighted by atomic mass is 10.0. The number of hydrogen-bond acceptors (Lipinski definition) is 3. The first-order chi connectivity index (χ1) is 11.6. The van der Waals surface area contributed by atoms with Gasteiger partial charge in [0.1, 0.15) is 0 Å². The van der Waals surface area contributed by atoms with Crippen molar-refractivity contribution in [3.8, 4) is 0 Å². The highest BCUT2D eigenvalue weighted by atomic mass is 16.5. The lowest BCUT2D eigenvalue weighted by Crippen LogP contribution is -2.39. The van der Waals surface area contributed by atoms with Gasteiger partial charge in [0, 0.05) is 39.5 Å². The smallest absolute Gasteiger partial charge is 0.191 e. The molecule has 0 radical (unpaired) electrons. The summed E-state index contributed by atoms with van der Waals surface area (Å²) >= 11 is 0. The number of guanidine groups is 1. The molecule has 0 fully saturated rings. The first-order valence-electron chi connectivity index (χ1n) is 9.18. The number of rotatable bonds is 11. The van der Waals surface area contributed by atoms with Crippen LogP contribution in [0.5, 0.6) is 0 Å². The van der Waals surface area contributed by atoms with Crippen LogP contribution in [0.15, 0.2) is 17.4 Å². The minimum absolute atomic E-state index is 0.302. The molecule has 1 atom stereocenters. The maximum absolute atomic E-state index is 5.79.